The topological polar surface area (TPSA) is 76.2 Å². The second-order valence-electron chi connectivity index (χ2n) is 9.07. The third-order valence-electron chi connectivity index (χ3n) is 6.75. The molecule has 3 aromatic carbocycles. The van der Waals surface area contributed by atoms with Crippen LogP contribution in [0.3, 0.4) is 0 Å². The van der Waals surface area contributed by atoms with Gasteiger partial charge in [-0.25, -0.2) is 4.79 Å². The lowest BCUT2D eigenvalue weighted by Gasteiger charge is -2.51. The van der Waals surface area contributed by atoms with Crippen molar-refractivity contribution in [1.82, 2.24) is 9.80 Å². The summed E-state index contributed by atoms with van der Waals surface area (Å²) in [6.45, 7) is 0.549. The maximum Gasteiger partial charge on any atom is 0.411 e. The SMILES string of the molecule is O=CC(COCc1ccccc1)N1C(=O)[C@@H](N2C(=O)OCC2c2ccccc2)[C@H]1/C=C/c1ccccc1. The average Bonchev–Trinajstić information content (AvgIpc) is 3.32. The van der Waals surface area contributed by atoms with Crippen molar-refractivity contribution in [2.75, 3.05) is 13.2 Å². The van der Waals surface area contributed by atoms with Gasteiger partial charge < -0.3 is 19.2 Å². The van der Waals surface area contributed by atoms with Gasteiger partial charge in [-0.15, -0.1) is 0 Å². The summed E-state index contributed by atoms with van der Waals surface area (Å²) in [5.41, 5.74) is 2.82. The van der Waals surface area contributed by atoms with E-state index < -0.39 is 24.2 Å². The van der Waals surface area contributed by atoms with E-state index in [0.29, 0.717) is 6.61 Å². The minimum atomic E-state index is -0.785. The van der Waals surface area contributed by atoms with Crippen molar-refractivity contribution in [2.45, 2.75) is 30.8 Å². The predicted octanol–water partition coefficient (Wildman–Crippen LogP) is 4.26. The first-order valence-corrected chi connectivity index (χ1v) is 12.3. The van der Waals surface area contributed by atoms with Crippen LogP contribution in [0, 0.1) is 0 Å². The molecule has 188 valence electrons. The molecule has 3 aromatic rings. The monoisotopic (exact) mass is 496 g/mol. The minimum absolute atomic E-state index is 0.0547. The zero-order valence-corrected chi connectivity index (χ0v) is 20.3. The van der Waals surface area contributed by atoms with Gasteiger partial charge in [-0.1, -0.05) is 103 Å². The summed E-state index contributed by atoms with van der Waals surface area (Å²) in [5, 5.41) is 0. The zero-order valence-electron chi connectivity index (χ0n) is 20.3. The number of hydrogen-bond donors (Lipinski definition) is 0. The Balaban J connectivity index is 1.39. The molecule has 2 unspecified atom stereocenters. The fourth-order valence-corrected chi connectivity index (χ4v) is 4.88. The van der Waals surface area contributed by atoms with Gasteiger partial charge in [0.25, 0.3) is 0 Å². The van der Waals surface area contributed by atoms with Gasteiger partial charge in [-0.2, -0.15) is 0 Å². The molecular formula is C30H28N2O5. The lowest BCUT2D eigenvalue weighted by Crippen LogP contribution is -2.73. The highest BCUT2D eigenvalue weighted by molar-refractivity contribution is 5.95. The number of nitrogens with zero attached hydrogens (tertiary/aromatic N) is 2. The summed E-state index contributed by atoms with van der Waals surface area (Å²) in [4.78, 5) is 41.5. The van der Waals surface area contributed by atoms with Crippen molar-refractivity contribution in [3.63, 3.8) is 0 Å². The number of benzene rings is 3. The van der Waals surface area contributed by atoms with Crippen LogP contribution in [-0.2, 0) is 25.7 Å². The Hall–Kier alpha value is -4.23. The van der Waals surface area contributed by atoms with Crippen molar-refractivity contribution in [3.8, 4) is 0 Å². The molecule has 2 aliphatic rings. The van der Waals surface area contributed by atoms with Crippen molar-refractivity contribution < 1.29 is 23.9 Å². The Labute approximate surface area is 215 Å². The number of cyclic esters (lactones) is 1. The molecular weight excluding hydrogens is 468 g/mol. The third kappa shape index (κ3) is 5.17. The van der Waals surface area contributed by atoms with E-state index in [-0.39, 0.29) is 25.2 Å². The first kappa shape index (κ1) is 24.5. The molecule has 7 nitrogen and oxygen atoms in total. The number of carbonyl (C=O) groups excluding carboxylic acids is 3. The summed E-state index contributed by atoms with van der Waals surface area (Å²) in [6, 6.07) is 26.4. The van der Waals surface area contributed by atoms with E-state index in [4.69, 9.17) is 9.47 Å². The molecule has 2 fully saturated rings. The minimum Gasteiger partial charge on any atom is -0.447 e. The van der Waals surface area contributed by atoms with E-state index in [1.54, 1.807) is 0 Å². The van der Waals surface area contributed by atoms with Gasteiger partial charge in [-0.3, -0.25) is 9.69 Å². The Morgan fingerprint density at radius 3 is 2.24 bits per heavy atom. The van der Waals surface area contributed by atoms with Crippen molar-refractivity contribution in [3.05, 3.63) is 114 Å². The smallest absolute Gasteiger partial charge is 0.411 e. The predicted molar refractivity (Wildman–Crippen MR) is 138 cm³/mol. The molecule has 2 aliphatic heterocycles. The molecule has 0 bridgehead atoms. The van der Waals surface area contributed by atoms with Crippen LogP contribution in [0.2, 0.25) is 0 Å². The van der Waals surface area contributed by atoms with E-state index in [9.17, 15) is 14.4 Å². The Morgan fingerprint density at radius 2 is 1.57 bits per heavy atom. The molecule has 0 radical (unpaired) electrons. The van der Waals surface area contributed by atoms with Gasteiger partial charge in [0, 0.05) is 0 Å². The normalized spacial score (nSPS) is 22.1. The quantitative estimate of drug-likeness (QED) is 0.310. The van der Waals surface area contributed by atoms with Crippen LogP contribution in [0.5, 0.6) is 0 Å². The fourth-order valence-electron chi connectivity index (χ4n) is 4.88. The van der Waals surface area contributed by atoms with E-state index in [0.717, 1.165) is 23.0 Å². The molecule has 2 saturated heterocycles. The molecule has 4 atom stereocenters. The van der Waals surface area contributed by atoms with Crippen LogP contribution in [0.25, 0.3) is 6.08 Å². The lowest BCUT2D eigenvalue weighted by molar-refractivity contribution is -0.162. The molecule has 0 N–H and O–H groups in total. The van der Waals surface area contributed by atoms with Gasteiger partial charge in [0.1, 0.15) is 25.0 Å². The molecule has 2 amide bonds. The molecule has 5 rings (SSSR count). The third-order valence-corrected chi connectivity index (χ3v) is 6.75. The Morgan fingerprint density at radius 1 is 0.919 bits per heavy atom. The maximum absolute atomic E-state index is 13.6. The second kappa shape index (κ2) is 11.2. The number of amides is 2. The Kier molecular flexibility index (Phi) is 7.42. The molecule has 37 heavy (non-hydrogen) atoms. The first-order valence-electron chi connectivity index (χ1n) is 12.3. The van der Waals surface area contributed by atoms with E-state index in [1.807, 2.05) is 103 Å². The standard InChI is InChI=1S/C30H28N2O5/c33-18-25(20-36-19-23-12-6-2-7-13-23)31-26(17-16-22-10-4-1-5-11-22)28(29(31)34)32-27(21-37-30(32)35)24-14-8-3-9-15-24/h1-18,25-28H,19-21H2/b17-16+/t25?,26-,27?,28+/m1/s1. The van der Waals surface area contributed by atoms with Crippen LogP contribution in [0.15, 0.2) is 97.1 Å². The van der Waals surface area contributed by atoms with E-state index in [1.165, 1.54) is 9.80 Å². The average molecular weight is 497 g/mol. The molecule has 0 aromatic heterocycles. The van der Waals surface area contributed by atoms with Crippen molar-refractivity contribution in [2.24, 2.45) is 0 Å². The molecule has 7 heteroatoms. The highest BCUT2D eigenvalue weighted by atomic mass is 16.6. The summed E-state index contributed by atoms with van der Waals surface area (Å²) in [5.74, 6) is -0.303. The van der Waals surface area contributed by atoms with Crippen LogP contribution >= 0.6 is 0 Å². The molecule has 0 saturated carbocycles. The van der Waals surface area contributed by atoms with E-state index in [2.05, 4.69) is 0 Å². The van der Waals surface area contributed by atoms with Crippen molar-refractivity contribution >= 4 is 24.4 Å². The summed E-state index contributed by atoms with van der Waals surface area (Å²) < 4.78 is 11.2. The molecule has 0 spiro atoms. The number of β-lactam (4-membered cyclic amide) rings is 1. The number of likely N-dealkylation sites (tertiary alicyclic amines) is 1. The summed E-state index contributed by atoms with van der Waals surface area (Å²) >= 11 is 0. The number of aldehydes is 1. The second-order valence-corrected chi connectivity index (χ2v) is 9.07. The largest absolute Gasteiger partial charge is 0.447 e. The summed E-state index contributed by atoms with van der Waals surface area (Å²) in [7, 11) is 0. The maximum atomic E-state index is 13.6. The number of carbonyl (C=O) groups is 3. The number of rotatable bonds is 10. The highest BCUT2D eigenvalue weighted by Crippen LogP contribution is 2.38. The van der Waals surface area contributed by atoms with Crippen LogP contribution in [0.1, 0.15) is 22.7 Å². The van der Waals surface area contributed by atoms with Gasteiger partial charge in [0.2, 0.25) is 5.91 Å². The molecule has 0 aliphatic carbocycles. The number of ether oxygens (including phenoxy) is 2. The van der Waals surface area contributed by atoms with Gasteiger partial charge in [0.05, 0.1) is 25.3 Å². The van der Waals surface area contributed by atoms with Crippen molar-refractivity contribution in [1.29, 1.82) is 0 Å². The first-order chi connectivity index (χ1) is 18.2. The lowest BCUT2D eigenvalue weighted by atomic mass is 9.88. The Bertz CT molecular complexity index is 1250. The zero-order chi connectivity index (χ0) is 25.6. The van der Waals surface area contributed by atoms with Gasteiger partial charge >= 0.3 is 6.09 Å². The van der Waals surface area contributed by atoms with Gasteiger partial charge in [0.15, 0.2) is 0 Å². The number of hydrogen-bond acceptors (Lipinski definition) is 5. The molecule has 2 heterocycles. The fraction of sp³-hybridized carbons (Fsp3) is 0.233. The van der Waals surface area contributed by atoms with E-state index >= 15 is 0 Å². The van der Waals surface area contributed by atoms with Crippen LogP contribution < -0.4 is 0 Å². The van der Waals surface area contributed by atoms with Crippen LogP contribution in [-0.4, -0.2) is 59.4 Å². The highest BCUT2D eigenvalue weighted by Gasteiger charge is 2.57. The summed E-state index contributed by atoms with van der Waals surface area (Å²) in [6.07, 6.45) is 3.98. The van der Waals surface area contributed by atoms with Gasteiger partial charge in [-0.05, 0) is 16.7 Å². The van der Waals surface area contributed by atoms with Crippen LogP contribution in [0.4, 0.5) is 4.79 Å².